The lowest BCUT2D eigenvalue weighted by atomic mass is 10.1. The van der Waals surface area contributed by atoms with E-state index in [1.165, 1.54) is 11.1 Å². The minimum absolute atomic E-state index is 0.662. The quantitative estimate of drug-likeness (QED) is 0.699. The van der Waals surface area contributed by atoms with Crippen molar-refractivity contribution in [3.05, 3.63) is 63.6 Å². The van der Waals surface area contributed by atoms with Gasteiger partial charge in [0.25, 0.3) is 0 Å². The minimum atomic E-state index is 0.662. The predicted octanol–water partition coefficient (Wildman–Crippen LogP) is 5.12. The van der Waals surface area contributed by atoms with Gasteiger partial charge in [0.2, 0.25) is 0 Å². The molecule has 1 aromatic heterocycles. The molecule has 0 saturated carbocycles. The Balaban J connectivity index is 1.96. The molecule has 2 aromatic carbocycles. The van der Waals surface area contributed by atoms with E-state index in [0.29, 0.717) is 10.0 Å². The molecule has 1 aliphatic rings. The fourth-order valence-corrected chi connectivity index (χ4v) is 3.42. The summed E-state index contributed by atoms with van der Waals surface area (Å²) >= 11 is 12.5. The molecular weight excluding hydrogens is 329 g/mol. The van der Waals surface area contributed by atoms with Crippen LogP contribution in [-0.2, 0) is 6.42 Å². The number of anilines is 1. The molecule has 4 rings (SSSR count). The smallest absolute Gasteiger partial charge is 0.133 e. The molecule has 3 nitrogen and oxygen atoms in total. The van der Waals surface area contributed by atoms with Gasteiger partial charge in [-0.1, -0.05) is 41.4 Å². The Labute approximate surface area is 144 Å². The van der Waals surface area contributed by atoms with E-state index in [1.807, 2.05) is 28.9 Å². The van der Waals surface area contributed by atoms with Gasteiger partial charge in [-0.05, 0) is 43.2 Å². The summed E-state index contributed by atoms with van der Waals surface area (Å²) in [6, 6.07) is 13.7. The number of halogens is 2. The molecule has 0 fully saturated rings. The average molecular weight is 344 g/mol. The summed E-state index contributed by atoms with van der Waals surface area (Å²) in [5.74, 6) is 1.05. The Hall–Kier alpha value is -1.97. The van der Waals surface area contributed by atoms with Gasteiger partial charge in [0, 0.05) is 22.7 Å². The van der Waals surface area contributed by atoms with Gasteiger partial charge in [-0.25, -0.2) is 4.68 Å². The Morgan fingerprint density at radius 1 is 1.13 bits per heavy atom. The molecule has 0 aliphatic carbocycles. The third kappa shape index (κ3) is 2.41. The molecule has 0 spiro atoms. The second-order valence-corrected chi connectivity index (χ2v) is 6.52. The predicted molar refractivity (Wildman–Crippen MR) is 96.0 cm³/mol. The SMILES string of the molecule is Cc1ccccc1-n1nc(-c2cc(Cl)ccc2Cl)c2c1NCC2. The molecule has 0 atom stereocenters. The average Bonchev–Trinajstić information content (AvgIpc) is 3.13. The second kappa shape index (κ2) is 5.59. The first-order valence-electron chi connectivity index (χ1n) is 7.52. The number of para-hydroxylation sites is 1. The van der Waals surface area contributed by atoms with E-state index in [4.69, 9.17) is 28.3 Å². The van der Waals surface area contributed by atoms with Gasteiger partial charge in [-0.15, -0.1) is 0 Å². The van der Waals surface area contributed by atoms with Crippen molar-refractivity contribution in [1.82, 2.24) is 9.78 Å². The van der Waals surface area contributed by atoms with Gasteiger partial charge in [0.15, 0.2) is 0 Å². The van der Waals surface area contributed by atoms with Gasteiger partial charge in [-0.3, -0.25) is 0 Å². The molecule has 0 unspecified atom stereocenters. The molecule has 2 heterocycles. The number of hydrogen-bond donors (Lipinski definition) is 1. The van der Waals surface area contributed by atoms with Crippen LogP contribution in [0.15, 0.2) is 42.5 Å². The topological polar surface area (TPSA) is 29.9 Å². The maximum Gasteiger partial charge on any atom is 0.133 e. The molecule has 116 valence electrons. The zero-order valence-electron chi connectivity index (χ0n) is 12.6. The zero-order valence-corrected chi connectivity index (χ0v) is 14.1. The Bertz CT molecular complexity index is 899. The highest BCUT2D eigenvalue weighted by atomic mass is 35.5. The number of aryl methyl sites for hydroxylation is 1. The first-order valence-corrected chi connectivity index (χ1v) is 8.28. The van der Waals surface area contributed by atoms with E-state index >= 15 is 0 Å². The summed E-state index contributed by atoms with van der Waals surface area (Å²) in [6.45, 7) is 2.99. The monoisotopic (exact) mass is 343 g/mol. The lowest BCUT2D eigenvalue weighted by Crippen LogP contribution is -2.05. The van der Waals surface area contributed by atoms with Crippen molar-refractivity contribution in [1.29, 1.82) is 0 Å². The summed E-state index contributed by atoms with van der Waals surface area (Å²) in [6.07, 6.45) is 0.930. The molecule has 0 bridgehead atoms. The van der Waals surface area contributed by atoms with E-state index in [9.17, 15) is 0 Å². The Morgan fingerprint density at radius 3 is 2.78 bits per heavy atom. The number of hydrogen-bond acceptors (Lipinski definition) is 2. The summed E-state index contributed by atoms with van der Waals surface area (Å²) in [4.78, 5) is 0. The molecular formula is C18H15Cl2N3. The van der Waals surface area contributed by atoms with Gasteiger partial charge in [-0.2, -0.15) is 5.10 Å². The molecule has 0 saturated heterocycles. The summed E-state index contributed by atoms with van der Waals surface area (Å²) < 4.78 is 1.98. The van der Waals surface area contributed by atoms with Crippen molar-refractivity contribution >= 4 is 29.0 Å². The number of nitrogens with zero attached hydrogens (tertiary/aromatic N) is 2. The van der Waals surface area contributed by atoms with E-state index < -0.39 is 0 Å². The van der Waals surface area contributed by atoms with Gasteiger partial charge in [0.05, 0.1) is 16.4 Å². The van der Waals surface area contributed by atoms with Crippen LogP contribution in [0.3, 0.4) is 0 Å². The molecule has 1 N–H and O–H groups in total. The highest BCUT2D eigenvalue weighted by molar-refractivity contribution is 6.35. The van der Waals surface area contributed by atoms with Crippen molar-refractivity contribution in [2.45, 2.75) is 13.3 Å². The van der Waals surface area contributed by atoms with Crippen LogP contribution in [0.1, 0.15) is 11.1 Å². The van der Waals surface area contributed by atoms with Gasteiger partial charge >= 0.3 is 0 Å². The number of fused-ring (bicyclic) bond motifs is 1. The van der Waals surface area contributed by atoms with Gasteiger partial charge in [0.1, 0.15) is 5.82 Å². The first-order chi connectivity index (χ1) is 11.1. The van der Waals surface area contributed by atoms with Crippen LogP contribution in [0.25, 0.3) is 16.9 Å². The van der Waals surface area contributed by atoms with E-state index in [1.54, 1.807) is 6.07 Å². The summed E-state index contributed by atoms with van der Waals surface area (Å²) in [5.41, 5.74) is 5.22. The van der Waals surface area contributed by atoms with E-state index in [2.05, 4.69) is 24.4 Å². The van der Waals surface area contributed by atoms with Crippen LogP contribution in [0.5, 0.6) is 0 Å². The third-order valence-electron chi connectivity index (χ3n) is 4.18. The normalized spacial score (nSPS) is 13.0. The summed E-state index contributed by atoms with van der Waals surface area (Å²) in [7, 11) is 0. The Morgan fingerprint density at radius 2 is 1.96 bits per heavy atom. The van der Waals surface area contributed by atoms with Crippen LogP contribution in [0, 0.1) is 6.92 Å². The molecule has 5 heteroatoms. The molecule has 0 radical (unpaired) electrons. The minimum Gasteiger partial charge on any atom is -0.369 e. The van der Waals surface area contributed by atoms with Crippen molar-refractivity contribution in [2.75, 3.05) is 11.9 Å². The van der Waals surface area contributed by atoms with Crippen LogP contribution in [0.4, 0.5) is 5.82 Å². The highest BCUT2D eigenvalue weighted by Crippen LogP contribution is 2.38. The van der Waals surface area contributed by atoms with E-state index in [0.717, 1.165) is 35.7 Å². The van der Waals surface area contributed by atoms with Crippen molar-refractivity contribution < 1.29 is 0 Å². The standard InChI is InChI=1S/C18H15Cl2N3/c1-11-4-2-3-5-16(11)23-18-13(8-9-21-18)17(22-23)14-10-12(19)6-7-15(14)20/h2-7,10,21H,8-9H2,1H3. The number of benzene rings is 2. The Kier molecular flexibility index (Phi) is 3.55. The highest BCUT2D eigenvalue weighted by Gasteiger charge is 2.25. The van der Waals surface area contributed by atoms with Crippen LogP contribution in [0.2, 0.25) is 10.0 Å². The van der Waals surface area contributed by atoms with Crippen LogP contribution >= 0.6 is 23.2 Å². The lowest BCUT2D eigenvalue weighted by molar-refractivity contribution is 0.875. The second-order valence-electron chi connectivity index (χ2n) is 5.68. The molecule has 0 amide bonds. The van der Waals surface area contributed by atoms with Crippen LogP contribution in [-0.4, -0.2) is 16.3 Å². The maximum atomic E-state index is 6.39. The molecule has 23 heavy (non-hydrogen) atoms. The maximum absolute atomic E-state index is 6.39. The van der Waals surface area contributed by atoms with E-state index in [-0.39, 0.29) is 0 Å². The fourth-order valence-electron chi connectivity index (χ4n) is 3.05. The first kappa shape index (κ1) is 14.6. The summed E-state index contributed by atoms with van der Waals surface area (Å²) in [5, 5.41) is 9.62. The van der Waals surface area contributed by atoms with Crippen molar-refractivity contribution in [3.63, 3.8) is 0 Å². The largest absolute Gasteiger partial charge is 0.369 e. The van der Waals surface area contributed by atoms with Crippen molar-refractivity contribution in [3.8, 4) is 16.9 Å². The number of nitrogens with one attached hydrogen (secondary N) is 1. The van der Waals surface area contributed by atoms with Crippen molar-refractivity contribution in [2.24, 2.45) is 0 Å². The molecule has 1 aliphatic heterocycles. The van der Waals surface area contributed by atoms with Gasteiger partial charge < -0.3 is 5.32 Å². The molecule has 3 aromatic rings. The van der Waals surface area contributed by atoms with Crippen LogP contribution < -0.4 is 5.32 Å². The number of aromatic nitrogens is 2. The third-order valence-corrected chi connectivity index (χ3v) is 4.74. The number of rotatable bonds is 2. The lowest BCUT2D eigenvalue weighted by Gasteiger charge is -2.09. The fraction of sp³-hybridized carbons (Fsp3) is 0.167. The zero-order chi connectivity index (χ0) is 16.0.